The number of anilines is 1. The van der Waals surface area contributed by atoms with Crippen LogP contribution in [-0.2, 0) is 38.6 Å². The lowest BCUT2D eigenvalue weighted by molar-refractivity contribution is -0.157. The number of ketones is 1. The molecule has 0 aliphatic rings. The van der Waals surface area contributed by atoms with Crippen molar-refractivity contribution in [1.29, 1.82) is 0 Å². The molecule has 0 saturated carbocycles. The minimum atomic E-state index is -2.16. The Labute approximate surface area is 202 Å². The fourth-order valence-corrected chi connectivity index (χ4v) is 5.58. The van der Waals surface area contributed by atoms with Crippen molar-refractivity contribution in [2.45, 2.75) is 60.0 Å². The molecule has 0 fully saturated rings. The zero-order chi connectivity index (χ0) is 24.8. The number of hydrogen-bond acceptors (Lipinski definition) is 6. The van der Waals surface area contributed by atoms with Crippen molar-refractivity contribution in [3.8, 4) is 11.1 Å². The van der Waals surface area contributed by atoms with Crippen molar-refractivity contribution in [2.24, 2.45) is 11.8 Å². The van der Waals surface area contributed by atoms with E-state index in [0.717, 1.165) is 28.0 Å². The first kappa shape index (κ1) is 27.2. The van der Waals surface area contributed by atoms with Gasteiger partial charge in [0.1, 0.15) is 5.00 Å². The molecule has 2 aromatic rings. The summed E-state index contributed by atoms with van der Waals surface area (Å²) < 4.78 is 28.5. The van der Waals surface area contributed by atoms with Gasteiger partial charge in [-0.2, -0.15) is 0 Å². The number of carbonyl (C=O) groups is 2. The first-order valence-electron chi connectivity index (χ1n) is 11.0. The fourth-order valence-electron chi connectivity index (χ4n) is 3.79. The van der Waals surface area contributed by atoms with Crippen molar-refractivity contribution in [2.75, 3.05) is 11.3 Å². The van der Waals surface area contributed by atoms with E-state index in [-0.39, 0.29) is 18.3 Å². The standard InChI is InChI=1S/C24H34N2O5S2/c1-7-31-23(28)24(16(4)5,17(6)27)25-14-18-8-10-19(11-9-18)21-13-20(12-15(2)3)32-22(21)26-33(29)30/h8-11,13,15-16,25-26H,7,12,14H2,1-6H3,(H,29,30). The lowest BCUT2D eigenvalue weighted by Crippen LogP contribution is -2.61. The Kier molecular flexibility index (Phi) is 9.78. The Balaban J connectivity index is 2.28. The van der Waals surface area contributed by atoms with Gasteiger partial charge < -0.3 is 4.74 Å². The first-order chi connectivity index (χ1) is 15.5. The van der Waals surface area contributed by atoms with Gasteiger partial charge in [-0.3, -0.25) is 19.4 Å². The fraction of sp³-hybridized carbons (Fsp3) is 0.500. The number of hydrogen-bond donors (Lipinski definition) is 3. The van der Waals surface area contributed by atoms with Crippen LogP contribution < -0.4 is 10.0 Å². The number of ether oxygens (including phenoxy) is 1. The maximum absolute atomic E-state index is 12.7. The van der Waals surface area contributed by atoms with E-state index in [2.05, 4.69) is 23.9 Å². The highest BCUT2D eigenvalue weighted by Crippen LogP contribution is 2.37. The predicted octanol–water partition coefficient (Wildman–Crippen LogP) is 4.80. The lowest BCUT2D eigenvalue weighted by Gasteiger charge is -2.33. The number of Topliss-reactive ketones (excluding diaryl/α,β-unsaturated/α-hetero) is 1. The summed E-state index contributed by atoms with van der Waals surface area (Å²) in [5.74, 6) is -0.658. The molecule has 1 heterocycles. The number of thiophene rings is 1. The molecular formula is C24H34N2O5S2. The summed E-state index contributed by atoms with van der Waals surface area (Å²) in [5.41, 5.74) is 1.26. The molecule has 0 radical (unpaired) electrons. The number of nitrogens with one attached hydrogen (secondary N) is 2. The molecule has 2 rings (SSSR count). The Morgan fingerprint density at radius 1 is 1.18 bits per heavy atom. The summed E-state index contributed by atoms with van der Waals surface area (Å²) in [4.78, 5) is 26.3. The van der Waals surface area contributed by atoms with Crippen molar-refractivity contribution in [3.05, 3.63) is 40.8 Å². The molecule has 182 valence electrons. The molecule has 0 amide bonds. The van der Waals surface area contributed by atoms with Crippen LogP contribution in [0.1, 0.15) is 52.0 Å². The average Bonchev–Trinajstić information content (AvgIpc) is 3.09. The minimum Gasteiger partial charge on any atom is -0.464 e. The SMILES string of the molecule is CCOC(=O)C(NCc1ccc(-c2cc(CC(C)C)sc2NS(=O)O)cc1)(C(C)=O)C(C)C. The van der Waals surface area contributed by atoms with Crippen LogP contribution in [0.5, 0.6) is 0 Å². The second-order valence-electron chi connectivity index (χ2n) is 8.69. The molecule has 7 nitrogen and oxygen atoms in total. The summed E-state index contributed by atoms with van der Waals surface area (Å²) in [7, 11) is 0. The van der Waals surface area contributed by atoms with Gasteiger partial charge in [0, 0.05) is 17.0 Å². The first-order valence-corrected chi connectivity index (χ1v) is 13.0. The van der Waals surface area contributed by atoms with E-state index >= 15 is 0 Å². The van der Waals surface area contributed by atoms with Gasteiger partial charge in [-0.05, 0) is 49.3 Å². The highest BCUT2D eigenvalue weighted by Gasteiger charge is 2.47. The highest BCUT2D eigenvalue weighted by molar-refractivity contribution is 7.80. The van der Waals surface area contributed by atoms with Crippen molar-refractivity contribution >= 4 is 39.4 Å². The third-order valence-electron chi connectivity index (χ3n) is 5.43. The summed E-state index contributed by atoms with van der Waals surface area (Å²) in [5, 5.41) is 3.80. The molecule has 2 atom stereocenters. The molecule has 0 saturated heterocycles. The average molecular weight is 495 g/mol. The molecule has 1 aromatic heterocycles. The van der Waals surface area contributed by atoms with Gasteiger partial charge in [-0.1, -0.05) is 52.0 Å². The molecular weight excluding hydrogens is 460 g/mol. The zero-order valence-corrected chi connectivity index (χ0v) is 21.7. The second-order valence-corrected chi connectivity index (χ2v) is 10.5. The van der Waals surface area contributed by atoms with Gasteiger partial charge in [-0.25, -0.2) is 9.00 Å². The van der Waals surface area contributed by atoms with E-state index < -0.39 is 22.8 Å². The molecule has 9 heteroatoms. The Bertz CT molecular complexity index is 985. The number of rotatable bonds is 12. The van der Waals surface area contributed by atoms with E-state index in [1.54, 1.807) is 6.92 Å². The van der Waals surface area contributed by atoms with Gasteiger partial charge in [0.2, 0.25) is 0 Å². The predicted molar refractivity (Wildman–Crippen MR) is 134 cm³/mol. The Morgan fingerprint density at radius 2 is 1.82 bits per heavy atom. The van der Waals surface area contributed by atoms with Crippen LogP contribution in [-0.4, -0.2) is 32.7 Å². The third-order valence-corrected chi connectivity index (χ3v) is 7.01. The maximum atomic E-state index is 12.7. The van der Waals surface area contributed by atoms with E-state index in [0.29, 0.717) is 17.5 Å². The molecule has 0 spiro atoms. The van der Waals surface area contributed by atoms with E-state index in [9.17, 15) is 18.4 Å². The van der Waals surface area contributed by atoms with Crippen molar-refractivity contribution in [1.82, 2.24) is 5.32 Å². The topological polar surface area (TPSA) is 105 Å². The van der Waals surface area contributed by atoms with Gasteiger partial charge in [0.05, 0.1) is 6.61 Å². The van der Waals surface area contributed by atoms with E-state index in [4.69, 9.17) is 4.74 Å². The summed E-state index contributed by atoms with van der Waals surface area (Å²) >= 11 is -0.681. The van der Waals surface area contributed by atoms with Gasteiger partial charge in [0.15, 0.2) is 11.3 Å². The summed E-state index contributed by atoms with van der Waals surface area (Å²) in [6.07, 6.45) is 0.885. The highest BCUT2D eigenvalue weighted by atomic mass is 32.2. The van der Waals surface area contributed by atoms with Crippen LogP contribution in [0.2, 0.25) is 0 Å². The van der Waals surface area contributed by atoms with Crippen LogP contribution in [0, 0.1) is 11.8 Å². The number of carbonyl (C=O) groups excluding carboxylic acids is 2. The molecule has 33 heavy (non-hydrogen) atoms. The number of esters is 1. The normalized spacial score (nSPS) is 14.2. The summed E-state index contributed by atoms with van der Waals surface area (Å²) in [6, 6.07) is 9.74. The monoisotopic (exact) mass is 494 g/mol. The van der Waals surface area contributed by atoms with Crippen LogP contribution in [0.15, 0.2) is 30.3 Å². The number of benzene rings is 1. The molecule has 3 N–H and O–H groups in total. The Hall–Kier alpha value is -2.07. The summed E-state index contributed by atoms with van der Waals surface area (Å²) in [6.45, 7) is 11.5. The van der Waals surface area contributed by atoms with Crippen molar-refractivity contribution in [3.63, 3.8) is 0 Å². The van der Waals surface area contributed by atoms with Crippen LogP contribution in [0.3, 0.4) is 0 Å². The zero-order valence-electron chi connectivity index (χ0n) is 20.1. The Morgan fingerprint density at radius 3 is 2.30 bits per heavy atom. The molecule has 0 aliphatic carbocycles. The molecule has 2 unspecified atom stereocenters. The van der Waals surface area contributed by atoms with E-state index in [1.165, 1.54) is 18.3 Å². The van der Waals surface area contributed by atoms with Crippen molar-refractivity contribution < 1.29 is 23.1 Å². The minimum absolute atomic E-state index is 0.200. The maximum Gasteiger partial charge on any atom is 0.334 e. The van der Waals surface area contributed by atoms with Crippen LogP contribution >= 0.6 is 11.3 Å². The molecule has 0 bridgehead atoms. The van der Waals surface area contributed by atoms with Gasteiger partial charge >= 0.3 is 5.97 Å². The second kappa shape index (κ2) is 11.9. The third kappa shape index (κ3) is 6.72. The van der Waals surface area contributed by atoms with Gasteiger partial charge in [-0.15, -0.1) is 11.3 Å². The van der Waals surface area contributed by atoms with Crippen LogP contribution in [0.25, 0.3) is 11.1 Å². The molecule has 0 aliphatic heterocycles. The lowest BCUT2D eigenvalue weighted by atomic mass is 9.82. The van der Waals surface area contributed by atoms with E-state index in [1.807, 2.05) is 44.2 Å². The smallest absolute Gasteiger partial charge is 0.334 e. The van der Waals surface area contributed by atoms with Gasteiger partial charge in [0.25, 0.3) is 11.3 Å². The molecule has 1 aromatic carbocycles. The quantitative estimate of drug-likeness (QED) is 0.222. The largest absolute Gasteiger partial charge is 0.464 e. The van der Waals surface area contributed by atoms with Crippen LogP contribution in [0.4, 0.5) is 5.00 Å².